The third-order valence-corrected chi connectivity index (χ3v) is 6.70. The zero-order chi connectivity index (χ0) is 17.8. The van der Waals surface area contributed by atoms with E-state index in [2.05, 4.69) is 15.7 Å². The number of aryl methyl sites for hydroxylation is 1. The lowest BCUT2D eigenvalue weighted by Crippen LogP contribution is -2.39. The van der Waals surface area contributed by atoms with Crippen molar-refractivity contribution in [2.45, 2.75) is 54.7 Å². The Kier molecular flexibility index (Phi) is 6.06. The van der Waals surface area contributed by atoms with Crippen molar-refractivity contribution >= 4 is 29.0 Å². The van der Waals surface area contributed by atoms with Crippen LogP contribution in [0.4, 0.5) is 8.78 Å². The number of aromatic nitrogens is 1. The summed E-state index contributed by atoms with van der Waals surface area (Å²) in [7, 11) is 0. The molecule has 1 N–H and O–H groups in total. The van der Waals surface area contributed by atoms with E-state index in [0.29, 0.717) is 5.25 Å². The minimum Gasteiger partial charge on any atom is -0.353 e. The Morgan fingerprint density at radius 1 is 1.32 bits per heavy atom. The van der Waals surface area contributed by atoms with Crippen LogP contribution in [0.25, 0.3) is 0 Å². The molecule has 3 rings (SSSR count). The highest BCUT2D eigenvalue weighted by Crippen LogP contribution is 2.35. The summed E-state index contributed by atoms with van der Waals surface area (Å²) in [5, 5.41) is 5.57. The lowest BCUT2D eigenvalue weighted by molar-refractivity contribution is -0.121. The molecule has 3 nitrogen and oxygen atoms in total. The number of carbonyl (C=O) groups excluding carboxylic acids is 1. The van der Waals surface area contributed by atoms with Crippen LogP contribution in [0.3, 0.4) is 0 Å². The summed E-state index contributed by atoms with van der Waals surface area (Å²) in [5.74, 6) is -1.51. The zero-order valence-electron chi connectivity index (χ0n) is 13.9. The second-order valence-electron chi connectivity index (χ2n) is 6.33. The highest BCUT2D eigenvalue weighted by Gasteiger charge is 2.24. The molecular formula is C18H20F2N2OS2. The van der Waals surface area contributed by atoms with E-state index in [-0.39, 0.29) is 23.9 Å². The van der Waals surface area contributed by atoms with Gasteiger partial charge >= 0.3 is 0 Å². The number of halogens is 2. The van der Waals surface area contributed by atoms with Gasteiger partial charge in [-0.15, -0.1) is 11.3 Å². The number of amides is 1. The van der Waals surface area contributed by atoms with Gasteiger partial charge in [-0.25, -0.2) is 13.8 Å². The lowest BCUT2D eigenvalue weighted by Gasteiger charge is -2.28. The molecule has 1 aliphatic carbocycles. The second kappa shape index (κ2) is 8.27. The molecule has 1 aromatic carbocycles. The standard InChI is InChI=1S/C18H20F2N2OS2/c1-11-10-24-18(21-11)25-15-6-4-14(5-7-15)22-17(23)8-12-2-3-13(19)9-16(12)20/h2-3,9-10,14-15H,4-8H2,1H3,(H,22,23). The van der Waals surface area contributed by atoms with Crippen LogP contribution < -0.4 is 5.32 Å². The third kappa shape index (κ3) is 5.25. The number of benzene rings is 1. The van der Waals surface area contributed by atoms with Gasteiger partial charge in [0.25, 0.3) is 0 Å². The Labute approximate surface area is 154 Å². The van der Waals surface area contributed by atoms with E-state index in [0.717, 1.165) is 41.8 Å². The highest BCUT2D eigenvalue weighted by molar-refractivity contribution is 8.01. The molecule has 0 bridgehead atoms. The minimum absolute atomic E-state index is 0.0564. The van der Waals surface area contributed by atoms with Crippen molar-refractivity contribution in [1.29, 1.82) is 0 Å². The van der Waals surface area contributed by atoms with Crippen molar-refractivity contribution in [3.05, 3.63) is 46.5 Å². The fourth-order valence-electron chi connectivity index (χ4n) is 2.97. The Morgan fingerprint density at radius 3 is 2.72 bits per heavy atom. The SMILES string of the molecule is Cc1csc(SC2CCC(NC(=O)Cc3ccc(F)cc3F)CC2)n1. The van der Waals surface area contributed by atoms with E-state index in [1.807, 2.05) is 18.7 Å². The number of nitrogens with zero attached hydrogens (tertiary/aromatic N) is 1. The molecule has 1 amide bonds. The molecule has 2 aromatic rings. The molecule has 1 saturated carbocycles. The van der Waals surface area contributed by atoms with Crippen LogP contribution in [0.1, 0.15) is 36.9 Å². The molecule has 1 heterocycles. The Hall–Kier alpha value is -1.47. The monoisotopic (exact) mass is 382 g/mol. The predicted octanol–water partition coefficient (Wildman–Crippen LogP) is 4.49. The summed E-state index contributed by atoms with van der Waals surface area (Å²) in [4.78, 5) is 16.6. The molecule has 0 radical (unpaired) electrons. The van der Waals surface area contributed by atoms with E-state index in [1.165, 1.54) is 12.1 Å². The Balaban J connectivity index is 1.44. The van der Waals surface area contributed by atoms with E-state index in [4.69, 9.17) is 0 Å². The van der Waals surface area contributed by atoms with Gasteiger partial charge in [0.05, 0.1) is 6.42 Å². The van der Waals surface area contributed by atoms with Crippen LogP contribution >= 0.6 is 23.1 Å². The molecule has 0 unspecified atom stereocenters. The molecule has 0 saturated heterocycles. The normalized spacial score (nSPS) is 20.4. The van der Waals surface area contributed by atoms with E-state index < -0.39 is 11.6 Å². The number of rotatable bonds is 5. The van der Waals surface area contributed by atoms with Crippen molar-refractivity contribution in [1.82, 2.24) is 10.3 Å². The highest BCUT2D eigenvalue weighted by atomic mass is 32.2. The number of carbonyl (C=O) groups is 1. The van der Waals surface area contributed by atoms with Crippen LogP contribution in [0, 0.1) is 18.6 Å². The molecular weight excluding hydrogens is 362 g/mol. The molecule has 1 aliphatic rings. The van der Waals surface area contributed by atoms with Crippen LogP contribution in [-0.4, -0.2) is 22.2 Å². The van der Waals surface area contributed by atoms with Gasteiger partial charge in [-0.3, -0.25) is 4.79 Å². The van der Waals surface area contributed by atoms with Gasteiger partial charge in [0.2, 0.25) is 5.91 Å². The van der Waals surface area contributed by atoms with Gasteiger partial charge in [-0.05, 0) is 44.2 Å². The van der Waals surface area contributed by atoms with Crippen LogP contribution in [0.15, 0.2) is 27.9 Å². The van der Waals surface area contributed by atoms with E-state index in [1.54, 1.807) is 11.3 Å². The predicted molar refractivity (Wildman–Crippen MR) is 97.0 cm³/mol. The summed E-state index contributed by atoms with van der Waals surface area (Å²) < 4.78 is 27.6. The number of thioether (sulfide) groups is 1. The van der Waals surface area contributed by atoms with Crippen molar-refractivity contribution in [2.75, 3.05) is 0 Å². The molecule has 1 fully saturated rings. The van der Waals surface area contributed by atoms with E-state index in [9.17, 15) is 13.6 Å². The first kappa shape index (κ1) is 18.3. The first-order valence-electron chi connectivity index (χ1n) is 8.31. The maximum Gasteiger partial charge on any atom is 0.224 e. The zero-order valence-corrected chi connectivity index (χ0v) is 15.6. The first-order chi connectivity index (χ1) is 12.0. The second-order valence-corrected chi connectivity index (χ2v) is 8.73. The van der Waals surface area contributed by atoms with Crippen molar-refractivity contribution < 1.29 is 13.6 Å². The maximum absolute atomic E-state index is 13.6. The first-order valence-corrected chi connectivity index (χ1v) is 10.1. The van der Waals surface area contributed by atoms with Crippen molar-refractivity contribution in [3.8, 4) is 0 Å². The fraction of sp³-hybridized carbons (Fsp3) is 0.444. The topological polar surface area (TPSA) is 42.0 Å². The summed E-state index contributed by atoms with van der Waals surface area (Å²) in [5.41, 5.74) is 1.28. The number of hydrogen-bond acceptors (Lipinski definition) is 4. The Morgan fingerprint density at radius 2 is 2.08 bits per heavy atom. The number of nitrogens with one attached hydrogen (secondary N) is 1. The molecule has 134 valence electrons. The molecule has 1 aromatic heterocycles. The van der Waals surface area contributed by atoms with Crippen molar-refractivity contribution in [2.24, 2.45) is 0 Å². The smallest absolute Gasteiger partial charge is 0.224 e. The van der Waals surface area contributed by atoms with Gasteiger partial charge in [-0.1, -0.05) is 17.8 Å². The van der Waals surface area contributed by atoms with Crippen molar-refractivity contribution in [3.63, 3.8) is 0 Å². The van der Waals surface area contributed by atoms with Gasteiger partial charge in [0, 0.05) is 28.4 Å². The molecule has 0 aliphatic heterocycles. The third-order valence-electron chi connectivity index (χ3n) is 4.27. The van der Waals surface area contributed by atoms with Crippen LogP contribution in [0.5, 0.6) is 0 Å². The molecule has 0 spiro atoms. The molecule has 0 atom stereocenters. The quantitative estimate of drug-likeness (QED) is 0.828. The largest absolute Gasteiger partial charge is 0.353 e. The Bertz CT molecular complexity index is 742. The van der Waals surface area contributed by atoms with Gasteiger partial charge in [0.15, 0.2) is 0 Å². The average molecular weight is 383 g/mol. The van der Waals surface area contributed by atoms with Crippen LogP contribution in [-0.2, 0) is 11.2 Å². The summed E-state index contributed by atoms with van der Waals surface area (Å²) in [6.07, 6.45) is 3.83. The lowest BCUT2D eigenvalue weighted by atomic mass is 9.94. The number of hydrogen-bond donors (Lipinski definition) is 1. The fourth-order valence-corrected chi connectivity index (χ4v) is 5.26. The summed E-state index contributed by atoms with van der Waals surface area (Å²) >= 11 is 3.50. The molecule has 7 heteroatoms. The van der Waals surface area contributed by atoms with E-state index >= 15 is 0 Å². The van der Waals surface area contributed by atoms with Gasteiger partial charge in [0.1, 0.15) is 16.0 Å². The average Bonchev–Trinajstić information content (AvgIpc) is 2.97. The van der Waals surface area contributed by atoms with Crippen LogP contribution in [0.2, 0.25) is 0 Å². The minimum atomic E-state index is -0.672. The van der Waals surface area contributed by atoms with Gasteiger partial charge < -0.3 is 5.32 Å². The van der Waals surface area contributed by atoms with Gasteiger partial charge in [-0.2, -0.15) is 0 Å². The summed E-state index contributed by atoms with van der Waals surface area (Å²) in [6, 6.07) is 3.44. The molecule has 25 heavy (non-hydrogen) atoms. The number of thiazole rings is 1. The maximum atomic E-state index is 13.6. The summed E-state index contributed by atoms with van der Waals surface area (Å²) in [6.45, 7) is 2.00.